The van der Waals surface area contributed by atoms with E-state index in [1.54, 1.807) is 17.0 Å². The molecule has 1 aromatic rings. The summed E-state index contributed by atoms with van der Waals surface area (Å²) in [4.78, 5) is 26.5. The van der Waals surface area contributed by atoms with E-state index in [0.717, 1.165) is 5.56 Å². The molecule has 1 aliphatic rings. The van der Waals surface area contributed by atoms with Crippen LogP contribution in [0.25, 0.3) is 0 Å². The molecule has 5 nitrogen and oxygen atoms in total. The first kappa shape index (κ1) is 13.3. The average molecular weight is 265 g/mol. The number of piperazine rings is 1. The van der Waals surface area contributed by atoms with Crippen molar-refractivity contribution in [2.75, 3.05) is 26.7 Å². The van der Waals surface area contributed by atoms with Gasteiger partial charge in [0.05, 0.1) is 0 Å². The molecule has 1 heterocycles. The summed E-state index contributed by atoms with van der Waals surface area (Å²) in [7, 11) is 1.54. The Hall–Kier alpha value is -2.11. The highest BCUT2D eigenvalue weighted by Gasteiger charge is 2.26. The van der Waals surface area contributed by atoms with E-state index in [0.29, 0.717) is 19.6 Å². The fraction of sp³-hybridized carbons (Fsp3) is 0.385. The maximum atomic E-state index is 12.8. The van der Waals surface area contributed by atoms with E-state index < -0.39 is 0 Å². The van der Waals surface area contributed by atoms with Crippen LogP contribution >= 0.6 is 0 Å². The second kappa shape index (κ2) is 5.69. The van der Waals surface area contributed by atoms with Crippen molar-refractivity contribution in [3.63, 3.8) is 0 Å². The second-order valence-corrected chi connectivity index (χ2v) is 4.42. The number of hydrogen-bond acceptors (Lipinski definition) is 2. The number of rotatable bonds is 2. The molecule has 0 bridgehead atoms. The lowest BCUT2D eigenvalue weighted by Crippen LogP contribution is -2.53. The lowest BCUT2D eigenvalue weighted by Gasteiger charge is -2.34. The van der Waals surface area contributed by atoms with Gasteiger partial charge >= 0.3 is 6.03 Å². The molecule has 1 N–H and O–H groups in total. The monoisotopic (exact) mass is 265 g/mol. The molecule has 19 heavy (non-hydrogen) atoms. The van der Waals surface area contributed by atoms with Crippen molar-refractivity contribution in [3.05, 3.63) is 35.6 Å². The fourth-order valence-electron chi connectivity index (χ4n) is 2.02. The smallest absolute Gasteiger partial charge is 0.317 e. The normalized spacial score (nSPS) is 15.6. The quantitative estimate of drug-likeness (QED) is 0.860. The molecule has 2 rings (SSSR count). The van der Waals surface area contributed by atoms with Crippen LogP contribution in [0.5, 0.6) is 0 Å². The molecule has 0 aliphatic carbocycles. The molecule has 0 radical (unpaired) electrons. The Morgan fingerprint density at radius 2 is 2.00 bits per heavy atom. The molecule has 0 spiro atoms. The number of nitrogens with one attached hydrogen (secondary N) is 1. The van der Waals surface area contributed by atoms with Gasteiger partial charge in [0.25, 0.3) is 0 Å². The minimum absolute atomic E-state index is 0.0842. The van der Waals surface area contributed by atoms with E-state index in [1.807, 2.05) is 0 Å². The van der Waals surface area contributed by atoms with Gasteiger partial charge in [-0.2, -0.15) is 0 Å². The number of nitrogens with zero attached hydrogens (tertiary/aromatic N) is 2. The van der Waals surface area contributed by atoms with Gasteiger partial charge in [0.1, 0.15) is 12.4 Å². The lowest BCUT2D eigenvalue weighted by molar-refractivity contribution is -0.135. The molecule has 6 heteroatoms. The molecule has 102 valence electrons. The lowest BCUT2D eigenvalue weighted by atomic mass is 10.2. The van der Waals surface area contributed by atoms with Crippen molar-refractivity contribution in [1.29, 1.82) is 0 Å². The van der Waals surface area contributed by atoms with Crippen LogP contribution < -0.4 is 5.32 Å². The van der Waals surface area contributed by atoms with Crippen molar-refractivity contribution in [2.24, 2.45) is 0 Å². The summed E-state index contributed by atoms with van der Waals surface area (Å²) in [6, 6.07) is 5.83. The maximum Gasteiger partial charge on any atom is 0.317 e. The third-order valence-corrected chi connectivity index (χ3v) is 3.11. The zero-order valence-corrected chi connectivity index (χ0v) is 10.7. The Morgan fingerprint density at radius 3 is 2.58 bits per heavy atom. The van der Waals surface area contributed by atoms with E-state index in [2.05, 4.69) is 5.32 Å². The van der Waals surface area contributed by atoms with Crippen LogP contribution in [0.2, 0.25) is 0 Å². The molecule has 1 aliphatic heterocycles. The van der Waals surface area contributed by atoms with Gasteiger partial charge in [-0.1, -0.05) is 12.1 Å². The molecule has 1 fully saturated rings. The predicted molar refractivity (Wildman–Crippen MR) is 67.8 cm³/mol. The summed E-state index contributed by atoms with van der Waals surface area (Å²) in [6.45, 7) is 1.53. The molecular weight excluding hydrogens is 249 g/mol. The van der Waals surface area contributed by atoms with E-state index in [-0.39, 0.29) is 24.3 Å². The third-order valence-electron chi connectivity index (χ3n) is 3.11. The molecule has 1 saturated heterocycles. The van der Waals surface area contributed by atoms with Crippen LogP contribution in [0.4, 0.5) is 9.18 Å². The summed E-state index contributed by atoms with van der Waals surface area (Å²) in [5, 5.41) is 2.50. The summed E-state index contributed by atoms with van der Waals surface area (Å²) in [6.07, 6.45) is 0. The third kappa shape index (κ3) is 3.21. The number of amides is 3. The summed E-state index contributed by atoms with van der Waals surface area (Å²) >= 11 is 0. The summed E-state index contributed by atoms with van der Waals surface area (Å²) < 4.78 is 12.8. The van der Waals surface area contributed by atoms with Crippen LogP contribution in [-0.2, 0) is 11.3 Å². The largest absolute Gasteiger partial charge is 0.341 e. The van der Waals surface area contributed by atoms with Gasteiger partial charge in [-0.15, -0.1) is 0 Å². The topological polar surface area (TPSA) is 52.7 Å². The van der Waals surface area contributed by atoms with Crippen LogP contribution in [0.1, 0.15) is 5.56 Å². The number of carbonyl (C=O) groups is 2. The number of hydrogen-bond donors (Lipinski definition) is 1. The van der Waals surface area contributed by atoms with Gasteiger partial charge in [-0.05, 0) is 17.7 Å². The molecule has 0 aromatic heterocycles. The van der Waals surface area contributed by atoms with E-state index in [4.69, 9.17) is 0 Å². The Kier molecular flexibility index (Phi) is 3.99. The molecule has 3 amide bonds. The zero-order valence-electron chi connectivity index (χ0n) is 10.7. The van der Waals surface area contributed by atoms with Gasteiger partial charge in [0.15, 0.2) is 0 Å². The summed E-state index contributed by atoms with van der Waals surface area (Å²) in [5.74, 6) is -0.390. The van der Waals surface area contributed by atoms with Crippen molar-refractivity contribution in [1.82, 2.24) is 15.1 Å². The van der Waals surface area contributed by atoms with Crippen molar-refractivity contribution < 1.29 is 14.0 Å². The standard InChI is InChI=1S/C13H16FN3O2/c1-15-13(19)17-7-6-16(12(18)9-17)8-10-2-4-11(14)5-3-10/h2-5H,6-9H2,1H3,(H,15,19). The van der Waals surface area contributed by atoms with Crippen molar-refractivity contribution in [3.8, 4) is 0 Å². The van der Waals surface area contributed by atoms with Gasteiger partial charge in [0.2, 0.25) is 5.91 Å². The van der Waals surface area contributed by atoms with E-state index >= 15 is 0 Å². The molecule has 0 atom stereocenters. The number of halogens is 1. The van der Waals surface area contributed by atoms with E-state index in [9.17, 15) is 14.0 Å². The second-order valence-electron chi connectivity index (χ2n) is 4.42. The zero-order chi connectivity index (χ0) is 13.8. The van der Waals surface area contributed by atoms with Gasteiger partial charge in [0, 0.05) is 26.7 Å². The Labute approximate surface area is 111 Å². The van der Waals surface area contributed by atoms with Gasteiger partial charge in [-0.25, -0.2) is 9.18 Å². The number of benzene rings is 1. The van der Waals surface area contributed by atoms with Crippen LogP contribution in [0.15, 0.2) is 24.3 Å². The molecule has 1 aromatic carbocycles. The first-order valence-corrected chi connectivity index (χ1v) is 6.09. The Balaban J connectivity index is 1.95. The minimum Gasteiger partial charge on any atom is -0.341 e. The van der Waals surface area contributed by atoms with E-state index in [1.165, 1.54) is 24.1 Å². The average Bonchev–Trinajstić information content (AvgIpc) is 2.42. The van der Waals surface area contributed by atoms with Crippen molar-refractivity contribution in [2.45, 2.75) is 6.54 Å². The first-order chi connectivity index (χ1) is 9.10. The molecule has 0 unspecified atom stereocenters. The van der Waals surface area contributed by atoms with Crippen LogP contribution in [0.3, 0.4) is 0 Å². The molecule has 0 saturated carbocycles. The Bertz CT molecular complexity index is 475. The SMILES string of the molecule is CNC(=O)N1CCN(Cc2ccc(F)cc2)C(=O)C1. The minimum atomic E-state index is -0.292. The fourth-order valence-corrected chi connectivity index (χ4v) is 2.02. The predicted octanol–water partition coefficient (Wildman–Crippen LogP) is 0.809. The van der Waals surface area contributed by atoms with Crippen molar-refractivity contribution >= 4 is 11.9 Å². The van der Waals surface area contributed by atoms with Gasteiger partial charge in [-0.3, -0.25) is 4.79 Å². The highest BCUT2D eigenvalue weighted by Crippen LogP contribution is 2.10. The number of carbonyl (C=O) groups excluding carboxylic acids is 2. The Morgan fingerprint density at radius 1 is 1.32 bits per heavy atom. The maximum absolute atomic E-state index is 12.8. The van der Waals surface area contributed by atoms with Crippen LogP contribution in [-0.4, -0.2) is 48.4 Å². The first-order valence-electron chi connectivity index (χ1n) is 6.09. The summed E-state index contributed by atoms with van der Waals surface area (Å²) in [5.41, 5.74) is 0.878. The van der Waals surface area contributed by atoms with Gasteiger partial charge < -0.3 is 15.1 Å². The highest BCUT2D eigenvalue weighted by atomic mass is 19.1. The van der Waals surface area contributed by atoms with Crippen LogP contribution in [0, 0.1) is 5.82 Å². The number of urea groups is 1. The molecular formula is C13H16FN3O2. The highest BCUT2D eigenvalue weighted by molar-refractivity contribution is 5.85.